The summed E-state index contributed by atoms with van der Waals surface area (Å²) in [6.07, 6.45) is 1.30. The van der Waals surface area contributed by atoms with E-state index in [0.29, 0.717) is 32.6 Å². The maximum Gasteiger partial charge on any atom is 0.232 e. The summed E-state index contributed by atoms with van der Waals surface area (Å²) in [7, 11) is 0. The van der Waals surface area contributed by atoms with Gasteiger partial charge < -0.3 is 20.8 Å². The molecule has 0 spiro atoms. The summed E-state index contributed by atoms with van der Waals surface area (Å²) in [6, 6.07) is 15.6. The van der Waals surface area contributed by atoms with Gasteiger partial charge in [0.2, 0.25) is 5.91 Å². The molecule has 2 heterocycles. The highest BCUT2D eigenvalue weighted by Gasteiger charge is 2.38. The Morgan fingerprint density at radius 2 is 2.00 bits per heavy atom. The van der Waals surface area contributed by atoms with Crippen LogP contribution < -0.4 is 11.1 Å². The van der Waals surface area contributed by atoms with Crippen molar-refractivity contribution in [3.05, 3.63) is 48.5 Å². The fraction of sp³-hybridized carbons (Fsp3) is 0.300. The Hall–Kier alpha value is -2.70. The van der Waals surface area contributed by atoms with Crippen molar-refractivity contribution in [3.63, 3.8) is 0 Å². The second-order valence-electron chi connectivity index (χ2n) is 6.73. The highest BCUT2D eigenvalue weighted by Crippen LogP contribution is 2.31. The zero-order chi connectivity index (χ0) is 18.0. The molecule has 0 aliphatic carbocycles. The molecular formula is C20H22N4O2. The lowest BCUT2D eigenvalue weighted by molar-refractivity contribution is -0.130. The largest absolute Gasteiger partial charge is 0.381 e. The number of fused-ring (bicyclic) bond motifs is 1. The van der Waals surface area contributed by atoms with Gasteiger partial charge in [-0.15, -0.1) is 0 Å². The second kappa shape index (κ2) is 6.90. The van der Waals surface area contributed by atoms with E-state index in [1.54, 1.807) is 0 Å². The number of H-pyrrole nitrogens is 1. The molecule has 1 saturated heterocycles. The first-order valence-corrected chi connectivity index (χ1v) is 8.85. The number of para-hydroxylation sites is 2. The van der Waals surface area contributed by atoms with Crippen LogP contribution in [0.15, 0.2) is 48.5 Å². The molecule has 26 heavy (non-hydrogen) atoms. The van der Waals surface area contributed by atoms with E-state index in [1.165, 1.54) is 0 Å². The number of aromatic nitrogens is 2. The van der Waals surface area contributed by atoms with E-state index in [-0.39, 0.29) is 5.91 Å². The van der Waals surface area contributed by atoms with Crippen LogP contribution in [0, 0.1) is 5.41 Å². The van der Waals surface area contributed by atoms with Crippen LogP contribution in [0.1, 0.15) is 12.8 Å². The Morgan fingerprint density at radius 3 is 2.77 bits per heavy atom. The Balaban J connectivity index is 1.58. The van der Waals surface area contributed by atoms with Crippen molar-refractivity contribution in [2.24, 2.45) is 11.1 Å². The molecule has 1 amide bonds. The van der Waals surface area contributed by atoms with Crippen LogP contribution in [0.25, 0.3) is 22.4 Å². The van der Waals surface area contributed by atoms with Crippen LogP contribution in [0.5, 0.6) is 0 Å². The van der Waals surface area contributed by atoms with Gasteiger partial charge in [-0.2, -0.15) is 0 Å². The average molecular weight is 350 g/mol. The van der Waals surface area contributed by atoms with Gasteiger partial charge in [0.05, 0.1) is 16.4 Å². The SMILES string of the molecule is NCC1(C(=O)Nc2cccc(-c3nc4ccccc4[nH]3)c2)CCOCC1. The lowest BCUT2D eigenvalue weighted by Gasteiger charge is -2.34. The van der Waals surface area contributed by atoms with Gasteiger partial charge >= 0.3 is 0 Å². The molecule has 134 valence electrons. The number of carbonyl (C=O) groups excluding carboxylic acids is 1. The minimum absolute atomic E-state index is 0.0370. The summed E-state index contributed by atoms with van der Waals surface area (Å²) < 4.78 is 5.38. The van der Waals surface area contributed by atoms with Crippen LogP contribution in [0.4, 0.5) is 5.69 Å². The lowest BCUT2D eigenvalue weighted by Crippen LogP contribution is -2.46. The van der Waals surface area contributed by atoms with Gasteiger partial charge in [-0.25, -0.2) is 4.98 Å². The number of rotatable bonds is 4. The fourth-order valence-electron chi connectivity index (χ4n) is 3.38. The number of nitrogens with one attached hydrogen (secondary N) is 2. The number of hydrogen-bond donors (Lipinski definition) is 3. The smallest absolute Gasteiger partial charge is 0.232 e. The summed E-state index contributed by atoms with van der Waals surface area (Å²) >= 11 is 0. The van der Waals surface area contributed by atoms with Crippen LogP contribution >= 0.6 is 0 Å². The third-order valence-corrected chi connectivity index (χ3v) is 5.11. The van der Waals surface area contributed by atoms with Crippen LogP contribution in [-0.2, 0) is 9.53 Å². The molecule has 0 saturated carbocycles. The second-order valence-corrected chi connectivity index (χ2v) is 6.73. The Kier molecular flexibility index (Phi) is 4.44. The molecule has 0 radical (unpaired) electrons. The number of nitrogens with zero attached hydrogens (tertiary/aromatic N) is 1. The molecule has 6 nitrogen and oxygen atoms in total. The predicted octanol–water partition coefficient (Wildman–Crippen LogP) is 2.92. The van der Waals surface area contributed by atoms with Crippen molar-refractivity contribution in [1.29, 1.82) is 0 Å². The van der Waals surface area contributed by atoms with Gasteiger partial charge in [0.25, 0.3) is 0 Å². The van der Waals surface area contributed by atoms with E-state index in [4.69, 9.17) is 10.5 Å². The van der Waals surface area contributed by atoms with Crippen molar-refractivity contribution < 1.29 is 9.53 Å². The van der Waals surface area contributed by atoms with E-state index in [0.717, 1.165) is 28.1 Å². The third-order valence-electron chi connectivity index (χ3n) is 5.11. The number of ether oxygens (including phenoxy) is 1. The topological polar surface area (TPSA) is 93.0 Å². The van der Waals surface area contributed by atoms with E-state index < -0.39 is 5.41 Å². The molecule has 1 aromatic heterocycles. The molecule has 2 aromatic carbocycles. The molecule has 3 aromatic rings. The lowest BCUT2D eigenvalue weighted by atomic mass is 9.79. The van der Waals surface area contributed by atoms with Gasteiger partial charge in [-0.05, 0) is 37.1 Å². The number of carbonyl (C=O) groups is 1. The molecule has 0 unspecified atom stereocenters. The Labute approximate surface area is 151 Å². The predicted molar refractivity (Wildman–Crippen MR) is 102 cm³/mol. The van der Waals surface area contributed by atoms with Crippen LogP contribution in [-0.4, -0.2) is 35.6 Å². The van der Waals surface area contributed by atoms with E-state index in [2.05, 4.69) is 15.3 Å². The first-order chi connectivity index (χ1) is 12.7. The zero-order valence-electron chi connectivity index (χ0n) is 14.5. The Bertz CT molecular complexity index is 895. The third kappa shape index (κ3) is 3.09. The van der Waals surface area contributed by atoms with Crippen molar-refractivity contribution in [2.75, 3.05) is 25.1 Å². The van der Waals surface area contributed by atoms with Crippen molar-refractivity contribution in [2.45, 2.75) is 12.8 Å². The van der Waals surface area contributed by atoms with Crippen LogP contribution in [0.3, 0.4) is 0 Å². The number of hydrogen-bond acceptors (Lipinski definition) is 4. The van der Waals surface area contributed by atoms with Crippen LogP contribution in [0.2, 0.25) is 0 Å². The maximum atomic E-state index is 12.8. The molecule has 4 N–H and O–H groups in total. The molecule has 4 rings (SSSR count). The molecule has 0 bridgehead atoms. The van der Waals surface area contributed by atoms with Gasteiger partial charge in [0.1, 0.15) is 5.82 Å². The quantitative estimate of drug-likeness (QED) is 0.674. The highest BCUT2D eigenvalue weighted by molar-refractivity contribution is 5.96. The van der Waals surface area contributed by atoms with E-state index in [1.807, 2.05) is 48.5 Å². The number of benzene rings is 2. The number of imidazole rings is 1. The van der Waals surface area contributed by atoms with Gasteiger partial charge in [-0.1, -0.05) is 24.3 Å². The molecule has 1 fully saturated rings. The van der Waals surface area contributed by atoms with Gasteiger partial charge in [0.15, 0.2) is 0 Å². The Morgan fingerprint density at radius 1 is 1.19 bits per heavy atom. The van der Waals surface area contributed by atoms with Crippen molar-refractivity contribution in [3.8, 4) is 11.4 Å². The maximum absolute atomic E-state index is 12.8. The van der Waals surface area contributed by atoms with Gasteiger partial charge in [0, 0.05) is 31.0 Å². The first-order valence-electron chi connectivity index (χ1n) is 8.85. The minimum Gasteiger partial charge on any atom is -0.381 e. The summed E-state index contributed by atoms with van der Waals surface area (Å²) in [5.41, 5.74) is 8.95. The fourth-order valence-corrected chi connectivity index (χ4v) is 3.38. The molecule has 6 heteroatoms. The molecular weight excluding hydrogens is 328 g/mol. The summed E-state index contributed by atoms with van der Waals surface area (Å²) in [5.74, 6) is 0.743. The van der Waals surface area contributed by atoms with Gasteiger partial charge in [-0.3, -0.25) is 4.79 Å². The van der Waals surface area contributed by atoms with Crippen molar-refractivity contribution >= 4 is 22.6 Å². The average Bonchev–Trinajstić information content (AvgIpc) is 3.13. The zero-order valence-corrected chi connectivity index (χ0v) is 14.5. The molecule has 1 aliphatic rings. The monoisotopic (exact) mass is 350 g/mol. The normalized spacial score (nSPS) is 16.5. The number of aromatic amines is 1. The summed E-state index contributed by atoms with van der Waals surface area (Å²) in [5, 5.41) is 3.03. The number of amides is 1. The van der Waals surface area contributed by atoms with Crippen molar-refractivity contribution in [1.82, 2.24) is 9.97 Å². The molecule has 1 aliphatic heterocycles. The van der Waals surface area contributed by atoms with E-state index >= 15 is 0 Å². The first kappa shape index (κ1) is 16.8. The minimum atomic E-state index is -0.548. The summed E-state index contributed by atoms with van der Waals surface area (Å²) in [6.45, 7) is 1.47. The van der Waals surface area contributed by atoms with E-state index in [9.17, 15) is 4.79 Å². The molecule has 0 atom stereocenters. The number of nitrogens with two attached hydrogens (primary N) is 1. The number of anilines is 1. The highest BCUT2D eigenvalue weighted by atomic mass is 16.5. The standard InChI is InChI=1S/C20H22N4O2/c21-13-20(8-10-26-11-9-20)19(25)22-15-5-3-4-14(12-15)18-23-16-6-1-2-7-17(16)24-18/h1-7,12H,8-11,13,21H2,(H,22,25)(H,23,24). The summed E-state index contributed by atoms with van der Waals surface area (Å²) in [4.78, 5) is 20.8.